The summed E-state index contributed by atoms with van der Waals surface area (Å²) in [6.07, 6.45) is 5.57. The maximum absolute atomic E-state index is 13.9. The van der Waals surface area contributed by atoms with Crippen LogP contribution in [-0.2, 0) is 5.54 Å². The number of benzene rings is 4. The summed E-state index contributed by atoms with van der Waals surface area (Å²) < 4.78 is 5.47. The predicted molar refractivity (Wildman–Crippen MR) is 181 cm³/mol. The van der Waals surface area contributed by atoms with Gasteiger partial charge in [0.15, 0.2) is 5.82 Å². The zero-order chi connectivity index (χ0) is 31.3. The van der Waals surface area contributed by atoms with Crippen LogP contribution < -0.4 is 5.56 Å². The maximum Gasteiger partial charge on any atom is 0.297 e. The minimum absolute atomic E-state index is 0.131. The summed E-state index contributed by atoms with van der Waals surface area (Å²) >= 11 is 0. The Morgan fingerprint density at radius 2 is 1.33 bits per heavy atom. The Labute approximate surface area is 265 Å². The largest absolute Gasteiger partial charge is 0.352 e. The molecular formula is C38H31N7O. The smallest absolute Gasteiger partial charge is 0.297 e. The van der Waals surface area contributed by atoms with Crippen molar-refractivity contribution >= 4 is 16.6 Å². The third-order valence-electron chi connectivity index (χ3n) is 8.67. The molecule has 0 amide bonds. The molecule has 0 fully saturated rings. The molecule has 0 bridgehead atoms. The Morgan fingerprint density at radius 3 is 1.91 bits per heavy atom. The van der Waals surface area contributed by atoms with E-state index in [-0.39, 0.29) is 17.2 Å². The van der Waals surface area contributed by atoms with Gasteiger partial charge in [-0.05, 0) is 42.7 Å². The van der Waals surface area contributed by atoms with Crippen LogP contribution in [0.2, 0.25) is 0 Å². The Morgan fingerprint density at radius 1 is 0.739 bits per heavy atom. The average Bonchev–Trinajstić information content (AvgIpc) is 3.85. The van der Waals surface area contributed by atoms with Crippen LogP contribution in [0.1, 0.15) is 36.6 Å². The molecule has 0 aliphatic carbocycles. The summed E-state index contributed by atoms with van der Waals surface area (Å²) in [7, 11) is 0. The number of hydrogen-bond donors (Lipinski definition) is 1. The highest BCUT2D eigenvalue weighted by Crippen LogP contribution is 2.41. The van der Waals surface area contributed by atoms with Gasteiger partial charge < -0.3 is 9.55 Å². The van der Waals surface area contributed by atoms with Crippen LogP contribution in [0.3, 0.4) is 0 Å². The number of aromatic amines is 1. The van der Waals surface area contributed by atoms with Crippen molar-refractivity contribution in [2.75, 3.05) is 0 Å². The van der Waals surface area contributed by atoms with Crippen molar-refractivity contribution in [1.82, 2.24) is 33.7 Å². The molecule has 0 aliphatic rings. The van der Waals surface area contributed by atoms with E-state index in [4.69, 9.17) is 10.1 Å². The number of nitrogens with one attached hydrogen (secondary N) is 1. The van der Waals surface area contributed by atoms with Crippen molar-refractivity contribution in [2.45, 2.75) is 25.4 Å². The molecule has 1 N–H and O–H groups in total. The van der Waals surface area contributed by atoms with Gasteiger partial charge in [0.1, 0.15) is 16.9 Å². The fourth-order valence-corrected chi connectivity index (χ4v) is 6.59. The van der Waals surface area contributed by atoms with Crippen molar-refractivity contribution in [3.8, 4) is 22.9 Å². The van der Waals surface area contributed by atoms with Gasteiger partial charge in [0.05, 0.1) is 18.2 Å². The van der Waals surface area contributed by atoms with Gasteiger partial charge in [0.25, 0.3) is 5.56 Å². The lowest BCUT2D eigenvalue weighted by molar-refractivity contribution is 0.515. The standard InChI is InChI=1S/C38H31N7O/c1-26(2)44-35(32-22-27-14-12-13-21-31(27)41-32)42-45-34(23-39-36(45)37(44)46)33-24-43(25-40-33)38(28-15-6-3-7-16-28,29-17-8-4-9-18-29)30-19-10-5-11-20-30/h3-26,41H,1-2H3. The summed E-state index contributed by atoms with van der Waals surface area (Å²) in [4.78, 5) is 26.9. The van der Waals surface area contributed by atoms with Crippen LogP contribution in [0.4, 0.5) is 0 Å². The highest BCUT2D eigenvalue weighted by molar-refractivity contribution is 5.84. The van der Waals surface area contributed by atoms with E-state index in [0.717, 1.165) is 33.3 Å². The van der Waals surface area contributed by atoms with Gasteiger partial charge in [0, 0.05) is 23.1 Å². The van der Waals surface area contributed by atoms with Crippen LogP contribution >= 0.6 is 0 Å². The third kappa shape index (κ3) is 4.22. The van der Waals surface area contributed by atoms with Gasteiger partial charge in [-0.1, -0.05) is 109 Å². The fourth-order valence-electron chi connectivity index (χ4n) is 6.59. The van der Waals surface area contributed by atoms with Crippen LogP contribution in [-0.4, -0.2) is 33.7 Å². The Kier molecular flexibility index (Phi) is 6.49. The van der Waals surface area contributed by atoms with Crippen molar-refractivity contribution < 1.29 is 0 Å². The zero-order valence-corrected chi connectivity index (χ0v) is 25.4. The topological polar surface area (TPSA) is 85.8 Å². The van der Waals surface area contributed by atoms with E-state index in [9.17, 15) is 4.79 Å². The van der Waals surface area contributed by atoms with Gasteiger partial charge in [-0.3, -0.25) is 9.36 Å². The molecule has 4 aromatic carbocycles. The molecule has 0 radical (unpaired) electrons. The van der Waals surface area contributed by atoms with E-state index in [1.807, 2.05) is 74.9 Å². The minimum atomic E-state index is -0.719. The summed E-state index contributed by atoms with van der Waals surface area (Å²) in [5.41, 5.74) is 5.61. The average molecular weight is 602 g/mol. The van der Waals surface area contributed by atoms with Crippen LogP contribution in [0.25, 0.3) is 39.5 Å². The first-order valence-electron chi connectivity index (χ1n) is 15.4. The second-order valence-corrected chi connectivity index (χ2v) is 11.7. The highest BCUT2D eigenvalue weighted by Gasteiger charge is 2.38. The number of imidazole rings is 2. The Hall–Kier alpha value is -6.02. The molecular weight excluding hydrogens is 570 g/mol. The molecule has 8 aromatic rings. The van der Waals surface area contributed by atoms with Crippen molar-refractivity contribution in [3.63, 3.8) is 0 Å². The molecule has 0 atom stereocenters. The first-order chi connectivity index (χ1) is 22.6. The molecule has 0 saturated heterocycles. The van der Waals surface area contributed by atoms with Crippen molar-refractivity contribution in [3.05, 3.63) is 167 Å². The van der Waals surface area contributed by atoms with E-state index < -0.39 is 5.54 Å². The van der Waals surface area contributed by atoms with E-state index in [0.29, 0.717) is 17.2 Å². The molecule has 8 heteroatoms. The highest BCUT2D eigenvalue weighted by atomic mass is 16.1. The Bertz CT molecular complexity index is 2240. The maximum atomic E-state index is 13.9. The number of rotatable bonds is 7. The van der Waals surface area contributed by atoms with Crippen molar-refractivity contribution in [2.24, 2.45) is 0 Å². The van der Waals surface area contributed by atoms with Crippen molar-refractivity contribution in [1.29, 1.82) is 0 Å². The SMILES string of the molecule is CC(C)n1c(-c2cc3ccccc3[nH]2)nn2c(-c3cn(C(c4ccccc4)(c4ccccc4)c4ccccc4)cn3)cnc2c1=O. The lowest BCUT2D eigenvalue weighted by atomic mass is 9.77. The molecule has 46 heavy (non-hydrogen) atoms. The predicted octanol–water partition coefficient (Wildman–Crippen LogP) is 7.32. The van der Waals surface area contributed by atoms with Gasteiger partial charge in [0.2, 0.25) is 5.65 Å². The molecule has 224 valence electrons. The van der Waals surface area contributed by atoms with Gasteiger partial charge in [-0.15, -0.1) is 5.10 Å². The molecule has 8 rings (SSSR count). The normalized spacial score (nSPS) is 12.0. The van der Waals surface area contributed by atoms with Crippen LogP contribution in [0, 0.1) is 0 Å². The molecule has 4 heterocycles. The van der Waals surface area contributed by atoms with Crippen LogP contribution in [0.15, 0.2) is 145 Å². The van der Waals surface area contributed by atoms with Gasteiger partial charge >= 0.3 is 0 Å². The first-order valence-corrected chi connectivity index (χ1v) is 15.4. The number of nitrogens with zero attached hydrogens (tertiary/aromatic N) is 6. The van der Waals surface area contributed by atoms with E-state index in [1.54, 1.807) is 15.3 Å². The number of aromatic nitrogens is 7. The molecule has 8 nitrogen and oxygen atoms in total. The number of para-hydroxylation sites is 1. The van der Waals surface area contributed by atoms with E-state index >= 15 is 0 Å². The molecule has 4 aromatic heterocycles. The Balaban J connectivity index is 1.36. The molecule has 0 saturated carbocycles. The van der Waals surface area contributed by atoms with E-state index in [1.165, 1.54) is 0 Å². The zero-order valence-electron chi connectivity index (χ0n) is 25.4. The second kappa shape index (κ2) is 10.9. The number of hydrogen-bond acceptors (Lipinski definition) is 4. The summed E-state index contributed by atoms with van der Waals surface area (Å²) in [6, 6.07) is 41.3. The van der Waals surface area contributed by atoms with Gasteiger partial charge in [-0.25, -0.2) is 14.5 Å². The summed E-state index contributed by atoms with van der Waals surface area (Å²) in [5, 5.41) is 6.09. The number of H-pyrrole nitrogens is 1. The second-order valence-electron chi connectivity index (χ2n) is 11.7. The monoisotopic (exact) mass is 601 g/mol. The minimum Gasteiger partial charge on any atom is -0.352 e. The summed E-state index contributed by atoms with van der Waals surface area (Å²) in [5.74, 6) is 0.537. The number of fused-ring (bicyclic) bond motifs is 2. The van der Waals surface area contributed by atoms with E-state index in [2.05, 4.69) is 87.3 Å². The molecule has 0 unspecified atom stereocenters. The lowest BCUT2D eigenvalue weighted by Gasteiger charge is -2.37. The lowest BCUT2D eigenvalue weighted by Crippen LogP contribution is -2.36. The first kappa shape index (κ1) is 27.5. The molecule has 0 aliphatic heterocycles. The van der Waals surface area contributed by atoms with Gasteiger partial charge in [-0.2, -0.15) is 0 Å². The summed E-state index contributed by atoms with van der Waals surface area (Å²) in [6.45, 7) is 3.96. The third-order valence-corrected chi connectivity index (χ3v) is 8.67. The molecule has 0 spiro atoms. The quantitative estimate of drug-likeness (QED) is 0.194. The fraction of sp³-hybridized carbons (Fsp3) is 0.105. The van der Waals surface area contributed by atoms with Crippen LogP contribution in [0.5, 0.6) is 0 Å².